The molecular formula is C26H34O5. The van der Waals surface area contributed by atoms with Crippen LogP contribution >= 0.6 is 0 Å². The highest BCUT2D eigenvalue weighted by atomic mass is 16.6. The van der Waals surface area contributed by atoms with Crippen molar-refractivity contribution in [2.75, 3.05) is 0 Å². The molecule has 5 heteroatoms. The molecule has 0 radical (unpaired) electrons. The van der Waals surface area contributed by atoms with Gasteiger partial charge in [-0.2, -0.15) is 0 Å². The van der Waals surface area contributed by atoms with E-state index < -0.39 is 0 Å². The summed E-state index contributed by atoms with van der Waals surface area (Å²) in [7, 11) is 0. The van der Waals surface area contributed by atoms with Gasteiger partial charge in [0.2, 0.25) is 0 Å². The summed E-state index contributed by atoms with van der Waals surface area (Å²) < 4.78 is 17.5. The molecule has 2 unspecified atom stereocenters. The lowest BCUT2D eigenvalue weighted by Crippen LogP contribution is -2.58. The molecule has 1 saturated heterocycles. The van der Waals surface area contributed by atoms with Gasteiger partial charge in [0.25, 0.3) is 0 Å². The van der Waals surface area contributed by atoms with Crippen LogP contribution in [0.2, 0.25) is 0 Å². The molecule has 0 aromatic carbocycles. The minimum atomic E-state index is -0.276. The topological polar surface area (TPSA) is 69.0 Å². The van der Waals surface area contributed by atoms with E-state index in [2.05, 4.69) is 13.8 Å². The second-order valence-corrected chi connectivity index (χ2v) is 11.5. The highest BCUT2D eigenvalue weighted by Gasteiger charge is 2.80. The Balaban J connectivity index is 1.28. The van der Waals surface area contributed by atoms with E-state index in [-0.39, 0.29) is 28.7 Å². The molecule has 1 aromatic rings. The Labute approximate surface area is 183 Å². The van der Waals surface area contributed by atoms with Gasteiger partial charge in [-0.15, -0.1) is 0 Å². The van der Waals surface area contributed by atoms with Crippen molar-refractivity contribution >= 4 is 5.97 Å². The lowest BCUT2D eigenvalue weighted by atomic mass is 9.44. The quantitative estimate of drug-likeness (QED) is 0.500. The van der Waals surface area contributed by atoms with Crippen LogP contribution in [0, 0.1) is 28.6 Å². The number of hydrogen-bond donors (Lipinski definition) is 0. The zero-order chi connectivity index (χ0) is 21.6. The predicted molar refractivity (Wildman–Crippen MR) is 114 cm³/mol. The van der Waals surface area contributed by atoms with Crippen LogP contribution in [0.3, 0.4) is 0 Å². The third kappa shape index (κ3) is 2.59. The number of epoxide rings is 1. The first kappa shape index (κ1) is 20.0. The Morgan fingerprint density at radius 2 is 1.90 bits per heavy atom. The summed E-state index contributed by atoms with van der Waals surface area (Å²) in [5.41, 5.74) is 1.32. The molecule has 168 valence electrons. The Morgan fingerprint density at radius 3 is 2.65 bits per heavy atom. The Morgan fingerprint density at radius 1 is 1.06 bits per heavy atom. The summed E-state index contributed by atoms with van der Waals surface area (Å²) in [4.78, 5) is 23.0. The molecule has 1 aliphatic heterocycles. The van der Waals surface area contributed by atoms with E-state index in [0.29, 0.717) is 35.2 Å². The predicted octanol–water partition coefficient (Wildman–Crippen LogP) is 4.83. The molecule has 0 bridgehead atoms. The zero-order valence-electron chi connectivity index (χ0n) is 18.9. The molecule has 2 heterocycles. The van der Waals surface area contributed by atoms with Crippen LogP contribution < -0.4 is 5.63 Å². The van der Waals surface area contributed by atoms with Crippen LogP contribution in [0.1, 0.15) is 83.6 Å². The van der Waals surface area contributed by atoms with E-state index in [0.717, 1.165) is 31.2 Å². The maximum atomic E-state index is 11.5. The summed E-state index contributed by atoms with van der Waals surface area (Å²) in [6.07, 6.45) is 11.2. The Bertz CT molecular complexity index is 948. The Hall–Kier alpha value is -1.62. The fraction of sp³-hybridized carbons (Fsp3) is 0.769. The number of carbonyl (C=O) groups excluding carboxylic acids is 1. The van der Waals surface area contributed by atoms with Gasteiger partial charge in [-0.1, -0.05) is 13.8 Å². The molecular weight excluding hydrogens is 392 g/mol. The van der Waals surface area contributed by atoms with E-state index in [4.69, 9.17) is 13.9 Å². The first-order valence-corrected chi connectivity index (χ1v) is 12.2. The lowest BCUT2D eigenvalue weighted by molar-refractivity contribution is -0.162. The average Bonchev–Trinajstić information content (AvgIpc) is 3.39. The van der Waals surface area contributed by atoms with Crippen molar-refractivity contribution in [1.82, 2.24) is 0 Å². The summed E-state index contributed by atoms with van der Waals surface area (Å²) in [6.45, 7) is 6.50. The smallest absolute Gasteiger partial charge is 0.335 e. The van der Waals surface area contributed by atoms with Crippen molar-refractivity contribution in [3.8, 4) is 0 Å². The van der Waals surface area contributed by atoms with Gasteiger partial charge >= 0.3 is 11.6 Å². The number of rotatable bonds is 2. The number of hydrogen-bond acceptors (Lipinski definition) is 5. The fourth-order valence-corrected chi connectivity index (χ4v) is 9.06. The van der Waals surface area contributed by atoms with E-state index in [9.17, 15) is 9.59 Å². The molecule has 5 aliphatic rings. The second kappa shape index (κ2) is 6.46. The summed E-state index contributed by atoms with van der Waals surface area (Å²) in [5, 5.41) is 0. The highest BCUT2D eigenvalue weighted by Crippen LogP contribution is 2.77. The second-order valence-electron chi connectivity index (χ2n) is 11.5. The minimum Gasteiger partial charge on any atom is -0.463 e. The molecule has 9 atom stereocenters. The van der Waals surface area contributed by atoms with Crippen molar-refractivity contribution in [1.29, 1.82) is 0 Å². The van der Waals surface area contributed by atoms with Crippen molar-refractivity contribution < 1.29 is 18.7 Å². The van der Waals surface area contributed by atoms with Gasteiger partial charge in [0.05, 0.1) is 12.4 Å². The number of esters is 1. The zero-order valence-corrected chi connectivity index (χ0v) is 18.9. The van der Waals surface area contributed by atoms with Crippen molar-refractivity contribution in [2.45, 2.75) is 95.9 Å². The Kier molecular flexibility index (Phi) is 4.17. The van der Waals surface area contributed by atoms with Crippen LogP contribution in [0.25, 0.3) is 0 Å². The van der Waals surface area contributed by atoms with Crippen LogP contribution in [0.15, 0.2) is 27.6 Å². The van der Waals surface area contributed by atoms with E-state index in [1.807, 2.05) is 6.07 Å². The van der Waals surface area contributed by atoms with E-state index in [1.165, 1.54) is 32.6 Å². The molecule has 31 heavy (non-hydrogen) atoms. The van der Waals surface area contributed by atoms with Gasteiger partial charge in [-0.25, -0.2) is 4.79 Å². The SMILES string of the molecule is CC(=O)O[C@H]1CC[C@@]2(C)C(CC[C@@H]3C2CC[C@]2(C)[C@@H](c4ccc(=O)oc4)C[C@@H]4O[C@@]432)C1. The van der Waals surface area contributed by atoms with Gasteiger partial charge in [0.1, 0.15) is 11.7 Å². The maximum Gasteiger partial charge on any atom is 0.335 e. The molecule has 0 N–H and O–H groups in total. The molecule has 6 rings (SSSR count). The van der Waals surface area contributed by atoms with Crippen molar-refractivity contribution in [3.05, 3.63) is 34.4 Å². The first-order chi connectivity index (χ1) is 14.8. The fourth-order valence-electron chi connectivity index (χ4n) is 9.06. The minimum absolute atomic E-state index is 0.00255. The third-order valence-electron chi connectivity index (χ3n) is 10.5. The van der Waals surface area contributed by atoms with Crippen LogP contribution in [0.5, 0.6) is 0 Å². The summed E-state index contributed by atoms with van der Waals surface area (Å²) in [6, 6.07) is 3.54. The van der Waals surface area contributed by atoms with Gasteiger partial charge < -0.3 is 13.9 Å². The van der Waals surface area contributed by atoms with E-state index in [1.54, 1.807) is 12.3 Å². The first-order valence-electron chi connectivity index (χ1n) is 12.2. The molecule has 4 aliphatic carbocycles. The number of fused-ring (bicyclic) bond motifs is 3. The average molecular weight is 427 g/mol. The maximum absolute atomic E-state index is 11.5. The third-order valence-corrected chi connectivity index (χ3v) is 10.5. The monoisotopic (exact) mass is 426 g/mol. The van der Waals surface area contributed by atoms with Crippen LogP contribution in [0.4, 0.5) is 0 Å². The molecule has 4 saturated carbocycles. The summed E-state index contributed by atoms with van der Waals surface area (Å²) in [5.74, 6) is 2.21. The van der Waals surface area contributed by atoms with Gasteiger partial charge in [0, 0.05) is 18.4 Å². The van der Waals surface area contributed by atoms with Crippen molar-refractivity contribution in [3.63, 3.8) is 0 Å². The largest absolute Gasteiger partial charge is 0.463 e. The van der Waals surface area contributed by atoms with Gasteiger partial charge in [-0.05, 0) is 92.1 Å². The van der Waals surface area contributed by atoms with Gasteiger partial charge in [0.15, 0.2) is 0 Å². The molecule has 0 amide bonds. The highest BCUT2D eigenvalue weighted by molar-refractivity contribution is 5.66. The lowest BCUT2D eigenvalue weighted by Gasteiger charge is -2.61. The summed E-state index contributed by atoms with van der Waals surface area (Å²) >= 11 is 0. The normalized spacial score (nSPS) is 49.9. The van der Waals surface area contributed by atoms with Gasteiger partial charge in [-0.3, -0.25) is 4.79 Å². The molecule has 5 nitrogen and oxygen atoms in total. The number of ether oxygens (including phenoxy) is 2. The number of carbonyl (C=O) groups is 1. The van der Waals surface area contributed by atoms with Crippen LogP contribution in [-0.4, -0.2) is 23.8 Å². The van der Waals surface area contributed by atoms with E-state index >= 15 is 0 Å². The molecule has 1 aromatic heterocycles. The van der Waals surface area contributed by atoms with Crippen LogP contribution in [-0.2, 0) is 14.3 Å². The standard InChI is InChI=1S/C26H34O5/c1-15(27)30-18-8-10-24(2)17(12-18)5-6-20-19(24)9-11-25(3)21(13-22-26(20,25)31-22)16-4-7-23(28)29-14-16/h4,7,14,17-22H,5-6,8-13H2,1-3H3/t17?,18-,19?,20+,21+,22-,24-,25+,26+/m0/s1. The van der Waals surface area contributed by atoms with Crippen molar-refractivity contribution in [2.24, 2.45) is 28.6 Å². The molecule has 1 spiro atoms. The molecule has 5 fully saturated rings.